The first kappa shape index (κ1) is 22.6. The van der Waals surface area contributed by atoms with Crippen molar-refractivity contribution in [2.45, 2.75) is 43.5 Å². The van der Waals surface area contributed by atoms with Crippen molar-refractivity contribution in [3.05, 3.63) is 47.4 Å². The molecule has 34 heavy (non-hydrogen) atoms. The molecule has 0 aliphatic heterocycles. The van der Waals surface area contributed by atoms with Crippen molar-refractivity contribution in [3.63, 3.8) is 0 Å². The topological polar surface area (TPSA) is 117 Å². The van der Waals surface area contributed by atoms with Gasteiger partial charge in [-0.05, 0) is 50.2 Å². The number of carbonyl (C=O) groups excluding carboxylic acids is 1. The first-order valence-corrected chi connectivity index (χ1v) is 12.5. The number of carbonyl (C=O) groups is 1. The number of ketones is 1. The van der Waals surface area contributed by atoms with Gasteiger partial charge in [0.05, 0.1) is 27.5 Å². The van der Waals surface area contributed by atoms with Gasteiger partial charge in [0.1, 0.15) is 29.8 Å². The second kappa shape index (κ2) is 8.57. The summed E-state index contributed by atoms with van der Waals surface area (Å²) in [7, 11) is -4.13. The number of aromatic nitrogens is 3. The Hall–Kier alpha value is -3.15. The van der Waals surface area contributed by atoms with Gasteiger partial charge < -0.3 is 10.3 Å². The zero-order valence-electron chi connectivity index (χ0n) is 17.9. The van der Waals surface area contributed by atoms with Crippen molar-refractivity contribution in [2.75, 3.05) is 16.6 Å². The summed E-state index contributed by atoms with van der Waals surface area (Å²) < 4.78 is 70.7. The molecule has 2 fully saturated rings. The number of hydrogen-bond acceptors (Lipinski definition) is 6. The minimum Gasteiger partial charge on any atom is -0.369 e. The molecule has 1 aromatic carbocycles. The van der Waals surface area contributed by atoms with Gasteiger partial charge in [-0.15, -0.1) is 0 Å². The van der Waals surface area contributed by atoms with E-state index in [2.05, 4.69) is 25.0 Å². The third-order valence-electron chi connectivity index (χ3n) is 6.30. The van der Waals surface area contributed by atoms with E-state index < -0.39 is 50.1 Å². The molecule has 8 nitrogen and oxygen atoms in total. The number of hydrogen-bond donors (Lipinski definition) is 3. The van der Waals surface area contributed by atoms with E-state index in [1.54, 1.807) is 0 Å². The number of nitrogens with one attached hydrogen (secondary N) is 3. The van der Waals surface area contributed by atoms with E-state index in [1.807, 2.05) is 0 Å². The molecule has 2 saturated carbocycles. The summed E-state index contributed by atoms with van der Waals surface area (Å²) in [6.45, 7) is 0.645. The number of fused-ring (bicyclic) bond motifs is 1. The minimum atomic E-state index is -4.13. The van der Waals surface area contributed by atoms with Gasteiger partial charge in [-0.2, -0.15) is 0 Å². The number of rotatable bonds is 8. The predicted molar refractivity (Wildman–Crippen MR) is 120 cm³/mol. The number of sulfonamides is 1. The molecule has 2 atom stereocenters. The summed E-state index contributed by atoms with van der Waals surface area (Å²) in [6.07, 6.45) is 3.53. The third kappa shape index (κ3) is 4.22. The molecular weight excluding hydrogens is 471 g/mol. The highest BCUT2D eigenvalue weighted by Crippen LogP contribution is 2.33. The van der Waals surface area contributed by atoms with E-state index in [1.165, 1.54) is 12.5 Å². The Balaban J connectivity index is 1.49. The summed E-state index contributed by atoms with van der Waals surface area (Å²) in [6, 6.07) is 1.72. The summed E-state index contributed by atoms with van der Waals surface area (Å²) in [5, 5.41) is 2.41. The number of alkyl halides is 1. The molecule has 2 aliphatic rings. The largest absolute Gasteiger partial charge is 0.369 e. The number of halogens is 3. The van der Waals surface area contributed by atoms with Crippen molar-refractivity contribution < 1.29 is 26.4 Å². The van der Waals surface area contributed by atoms with Crippen LogP contribution >= 0.6 is 0 Å². The third-order valence-corrected chi connectivity index (χ3v) is 8.11. The molecule has 2 unspecified atom stereocenters. The van der Waals surface area contributed by atoms with Gasteiger partial charge >= 0.3 is 0 Å². The minimum absolute atomic E-state index is 0.0530. The van der Waals surface area contributed by atoms with Crippen molar-refractivity contribution in [3.8, 4) is 0 Å². The molecule has 0 radical (unpaired) electrons. The lowest BCUT2D eigenvalue weighted by Crippen LogP contribution is -2.26. The van der Waals surface area contributed by atoms with Gasteiger partial charge in [-0.3, -0.25) is 9.52 Å². The molecule has 12 heteroatoms. The van der Waals surface area contributed by atoms with E-state index in [9.17, 15) is 22.0 Å². The molecule has 3 N–H and O–H groups in total. The van der Waals surface area contributed by atoms with Crippen LogP contribution in [0.1, 0.15) is 48.0 Å². The average molecular weight is 494 g/mol. The lowest BCUT2D eigenvalue weighted by Gasteiger charge is -2.15. The highest BCUT2D eigenvalue weighted by Gasteiger charge is 2.35. The number of nitrogens with zero attached hydrogens (tertiary/aromatic N) is 2. The summed E-state index contributed by atoms with van der Waals surface area (Å²) in [4.78, 5) is 24.3. The highest BCUT2D eigenvalue weighted by atomic mass is 32.2. The van der Waals surface area contributed by atoms with E-state index in [4.69, 9.17) is 0 Å². The van der Waals surface area contributed by atoms with E-state index in [0.717, 1.165) is 25.0 Å². The van der Waals surface area contributed by atoms with Gasteiger partial charge in [0, 0.05) is 12.7 Å². The maximum absolute atomic E-state index is 15.3. The Morgan fingerprint density at radius 3 is 2.65 bits per heavy atom. The lowest BCUT2D eigenvalue weighted by atomic mass is 10.0. The van der Waals surface area contributed by atoms with Gasteiger partial charge in [0.25, 0.3) is 0 Å². The van der Waals surface area contributed by atoms with Crippen LogP contribution in [0.3, 0.4) is 0 Å². The fourth-order valence-corrected chi connectivity index (χ4v) is 5.76. The summed E-state index contributed by atoms with van der Waals surface area (Å²) in [5.41, 5.74) is -1.22. The molecule has 5 rings (SSSR count). The van der Waals surface area contributed by atoms with E-state index in [-0.39, 0.29) is 30.2 Å². The molecule has 0 bridgehead atoms. The van der Waals surface area contributed by atoms with Crippen LogP contribution in [0.25, 0.3) is 11.0 Å². The highest BCUT2D eigenvalue weighted by molar-refractivity contribution is 7.93. The fraction of sp³-hybridized carbons (Fsp3) is 0.409. The normalized spacial score (nSPS) is 20.6. The van der Waals surface area contributed by atoms with Crippen LogP contribution in [0.15, 0.2) is 24.7 Å². The summed E-state index contributed by atoms with van der Waals surface area (Å²) >= 11 is 0. The summed E-state index contributed by atoms with van der Waals surface area (Å²) in [5.74, 6) is -2.61. The zero-order valence-corrected chi connectivity index (χ0v) is 18.8. The molecule has 3 aromatic rings. The molecule has 0 spiro atoms. The van der Waals surface area contributed by atoms with Crippen LogP contribution in [0, 0.1) is 17.6 Å². The maximum atomic E-state index is 15.3. The molecule has 0 saturated heterocycles. The van der Waals surface area contributed by atoms with Gasteiger partial charge in [0.2, 0.25) is 15.8 Å². The zero-order chi connectivity index (χ0) is 24.0. The van der Waals surface area contributed by atoms with Crippen LogP contribution in [0.4, 0.5) is 24.7 Å². The Morgan fingerprint density at radius 2 is 1.94 bits per heavy atom. The predicted octanol–water partition coefficient (Wildman–Crippen LogP) is 3.92. The molecule has 180 valence electrons. The van der Waals surface area contributed by atoms with E-state index in [0.29, 0.717) is 23.9 Å². The Labute approximate surface area is 193 Å². The molecule has 0 amide bonds. The first-order chi connectivity index (χ1) is 16.2. The Morgan fingerprint density at radius 1 is 1.15 bits per heavy atom. The van der Waals surface area contributed by atoms with Crippen LogP contribution in [0.2, 0.25) is 0 Å². The van der Waals surface area contributed by atoms with Crippen molar-refractivity contribution >= 4 is 38.3 Å². The number of aromatic amines is 1. The second-order valence-electron chi connectivity index (χ2n) is 8.76. The molecular formula is C22H22F3N5O3S. The van der Waals surface area contributed by atoms with Gasteiger partial charge in [-0.25, -0.2) is 31.6 Å². The fourth-order valence-electron chi connectivity index (χ4n) is 4.22. The Kier molecular flexibility index (Phi) is 5.70. The van der Waals surface area contributed by atoms with Crippen LogP contribution in [-0.4, -0.2) is 47.1 Å². The maximum Gasteiger partial charge on any atom is 0.235 e. The number of H-pyrrole nitrogens is 1. The van der Waals surface area contributed by atoms with Crippen molar-refractivity contribution in [2.24, 2.45) is 5.92 Å². The standard InChI is InChI=1S/C22H22F3N5O3S/c23-12-3-4-13(7-12)34(32,33)30-16-6-5-15(24)18(19(16)25)20(31)14-9-27-22-17(14)21(28-10-29-22)26-8-11-1-2-11/h5-6,9-13,30H,1-4,7-8H2,(H2,26,27,28,29). The monoisotopic (exact) mass is 493 g/mol. The van der Waals surface area contributed by atoms with Crippen LogP contribution in [0.5, 0.6) is 0 Å². The first-order valence-electron chi connectivity index (χ1n) is 11.0. The quantitative estimate of drug-likeness (QED) is 0.410. The average Bonchev–Trinajstić information content (AvgIpc) is 3.34. The van der Waals surface area contributed by atoms with Crippen LogP contribution in [-0.2, 0) is 10.0 Å². The molecule has 2 heterocycles. The van der Waals surface area contributed by atoms with Crippen molar-refractivity contribution in [1.82, 2.24) is 15.0 Å². The second-order valence-corrected chi connectivity index (χ2v) is 10.7. The van der Waals surface area contributed by atoms with Gasteiger partial charge in [0.15, 0.2) is 5.82 Å². The van der Waals surface area contributed by atoms with E-state index >= 15 is 4.39 Å². The smallest absolute Gasteiger partial charge is 0.235 e. The molecule has 2 aliphatic carbocycles. The lowest BCUT2D eigenvalue weighted by molar-refractivity contribution is 0.103. The SMILES string of the molecule is O=C(c1c(F)ccc(NS(=O)(=O)C2CCC(F)C2)c1F)c1c[nH]c2ncnc(NCC3CC3)c12. The Bertz CT molecular complexity index is 1370. The molecule has 2 aromatic heterocycles. The van der Waals surface area contributed by atoms with Crippen LogP contribution < -0.4 is 10.0 Å². The van der Waals surface area contributed by atoms with Gasteiger partial charge in [-0.1, -0.05) is 0 Å². The number of benzene rings is 1. The number of anilines is 2. The van der Waals surface area contributed by atoms with Crippen molar-refractivity contribution in [1.29, 1.82) is 0 Å².